The maximum atomic E-state index is 11.0. The summed E-state index contributed by atoms with van der Waals surface area (Å²) in [6, 6.07) is 0. The van der Waals surface area contributed by atoms with Crippen molar-refractivity contribution in [2.24, 2.45) is 0 Å². The first-order chi connectivity index (χ1) is 5.00. The molecule has 0 saturated carbocycles. The van der Waals surface area contributed by atoms with E-state index in [-0.39, 0.29) is 5.82 Å². The van der Waals surface area contributed by atoms with Crippen molar-refractivity contribution in [1.29, 1.82) is 0 Å². The van der Waals surface area contributed by atoms with E-state index in [1.165, 1.54) is 10.6 Å². The first-order valence-electron chi connectivity index (χ1n) is 3.71. The van der Waals surface area contributed by atoms with Crippen LogP contribution in [0, 0.1) is 0 Å². The third kappa shape index (κ3) is 2.49. The van der Waals surface area contributed by atoms with Crippen LogP contribution in [-0.4, -0.2) is 39.9 Å². The monoisotopic (exact) mass is 173 g/mol. The van der Waals surface area contributed by atoms with Crippen molar-refractivity contribution in [2.45, 2.75) is 18.7 Å². The van der Waals surface area contributed by atoms with E-state index in [1.807, 2.05) is 0 Å². The molecule has 1 fully saturated rings. The summed E-state index contributed by atoms with van der Waals surface area (Å²) in [5.74, 6) is 0.188. The molecule has 0 bridgehead atoms. The average Bonchev–Trinajstić information content (AvgIpc) is 1.86. The molecule has 1 aliphatic rings. The first-order valence-corrected chi connectivity index (χ1v) is 5.55. The first kappa shape index (κ1) is 9.07. The molecule has 62 valence electrons. The molecular weight excluding hydrogens is 161 g/mol. The van der Waals surface area contributed by atoms with Gasteiger partial charge in [0.05, 0.1) is 14.1 Å². The van der Waals surface area contributed by atoms with Gasteiger partial charge in [0, 0.05) is 13.1 Å². The molecule has 0 amide bonds. The fourth-order valence-corrected chi connectivity index (χ4v) is 2.08. The molecule has 5 heteroatoms. The molecule has 1 rings (SSSR count). The van der Waals surface area contributed by atoms with Crippen molar-refractivity contribution in [3.8, 4) is 0 Å². The highest BCUT2D eigenvalue weighted by molar-refractivity contribution is 7.88. The minimum absolute atomic E-state index is 0.188. The van der Waals surface area contributed by atoms with Gasteiger partial charge in [-0.05, 0) is 12.8 Å². The fraction of sp³-hybridized carbons (Fsp3) is 1.00. The lowest BCUT2D eigenvalue weighted by Gasteiger charge is -2.28. The van der Waals surface area contributed by atoms with Gasteiger partial charge in [0.1, 0.15) is 0 Å². The summed E-state index contributed by atoms with van der Waals surface area (Å²) in [5.41, 5.74) is 0. The largest absolute Gasteiger partial charge is 0.213 e. The van der Waals surface area contributed by atoms with Crippen LogP contribution < -0.4 is 0 Å². The van der Waals surface area contributed by atoms with Crippen LogP contribution in [0.15, 0.2) is 0 Å². The van der Waals surface area contributed by atoms with Gasteiger partial charge in [-0.1, -0.05) is 5.82 Å². The van der Waals surface area contributed by atoms with Gasteiger partial charge in [-0.25, -0.2) is 12.7 Å². The molecule has 0 aliphatic carbocycles. The van der Waals surface area contributed by atoms with Gasteiger partial charge in [-0.15, -0.1) is 0 Å². The molecule has 0 unspecified atom stereocenters. The number of rotatable bonds is 1. The molecule has 11 heavy (non-hydrogen) atoms. The van der Waals surface area contributed by atoms with E-state index >= 15 is 0 Å². The van der Waals surface area contributed by atoms with Gasteiger partial charge < -0.3 is 0 Å². The lowest BCUT2D eigenvalue weighted by atomic mass is 9.80. The molecule has 1 heterocycles. The smallest absolute Gasteiger partial charge is 0.211 e. The summed E-state index contributed by atoms with van der Waals surface area (Å²) in [4.78, 5) is 0. The zero-order chi connectivity index (χ0) is 8.48. The number of sulfonamides is 1. The Labute approximate surface area is 69.2 Å². The van der Waals surface area contributed by atoms with Crippen LogP contribution in [0.4, 0.5) is 0 Å². The highest BCUT2D eigenvalue weighted by atomic mass is 32.2. The third-order valence-electron chi connectivity index (χ3n) is 1.97. The Morgan fingerprint density at radius 1 is 1.36 bits per heavy atom. The summed E-state index contributed by atoms with van der Waals surface area (Å²) in [7, 11) is 2.65. The molecule has 1 aliphatic heterocycles. The van der Waals surface area contributed by atoms with E-state index in [1.54, 1.807) is 0 Å². The minimum Gasteiger partial charge on any atom is -0.213 e. The number of nitrogens with zero attached hydrogens (tertiary/aromatic N) is 1. The Morgan fingerprint density at radius 2 is 1.82 bits per heavy atom. The van der Waals surface area contributed by atoms with Gasteiger partial charge in [-0.3, -0.25) is 0 Å². The van der Waals surface area contributed by atoms with Crippen molar-refractivity contribution < 1.29 is 8.42 Å². The van der Waals surface area contributed by atoms with Crippen LogP contribution in [0.25, 0.3) is 0 Å². The predicted molar refractivity (Wildman–Crippen MR) is 45.2 cm³/mol. The maximum absolute atomic E-state index is 11.0. The van der Waals surface area contributed by atoms with Crippen LogP contribution in [0.5, 0.6) is 0 Å². The molecule has 0 spiro atoms. The van der Waals surface area contributed by atoms with Gasteiger partial charge >= 0.3 is 0 Å². The molecule has 0 atom stereocenters. The Hall–Kier alpha value is -0.0251. The molecule has 3 nitrogen and oxygen atoms in total. The van der Waals surface area contributed by atoms with Crippen LogP contribution in [-0.2, 0) is 10.0 Å². The molecule has 0 N–H and O–H groups in total. The van der Waals surface area contributed by atoms with E-state index in [0.717, 1.165) is 12.8 Å². The lowest BCUT2D eigenvalue weighted by Crippen LogP contribution is -2.36. The second-order valence-corrected chi connectivity index (χ2v) is 4.98. The van der Waals surface area contributed by atoms with Gasteiger partial charge in [0.25, 0.3) is 0 Å². The summed E-state index contributed by atoms with van der Waals surface area (Å²) < 4.78 is 23.4. The van der Waals surface area contributed by atoms with Gasteiger partial charge in [0.2, 0.25) is 10.0 Å². The second-order valence-electron chi connectivity index (χ2n) is 3.00. The third-order valence-corrected chi connectivity index (χ3v) is 3.27. The quantitative estimate of drug-likeness (QED) is 0.523. The summed E-state index contributed by atoms with van der Waals surface area (Å²) in [6.45, 7) is 1.17. The molecule has 0 aromatic carbocycles. The maximum Gasteiger partial charge on any atom is 0.211 e. The zero-order valence-electron chi connectivity index (χ0n) is 6.66. The number of hydrogen-bond acceptors (Lipinski definition) is 2. The van der Waals surface area contributed by atoms with Gasteiger partial charge in [-0.2, -0.15) is 0 Å². The fourth-order valence-electron chi connectivity index (χ4n) is 1.21. The number of piperidine rings is 1. The summed E-state index contributed by atoms with van der Waals surface area (Å²) in [6.07, 6.45) is 2.81. The molecule has 2 radical (unpaired) electrons. The van der Waals surface area contributed by atoms with E-state index in [2.05, 4.69) is 0 Å². The highest BCUT2D eigenvalue weighted by Crippen LogP contribution is 2.20. The average molecular weight is 173 g/mol. The topological polar surface area (TPSA) is 37.4 Å². The SMILES string of the molecule is [B]C1CCN(S(C)(=O)=O)CC1. The van der Waals surface area contributed by atoms with Crippen molar-refractivity contribution in [1.82, 2.24) is 4.31 Å². The normalized spacial score (nSPS) is 23.7. The predicted octanol–water partition coefficient (Wildman–Crippen LogP) is -0.00120. The molecule has 1 saturated heterocycles. The Morgan fingerprint density at radius 3 is 2.18 bits per heavy atom. The highest BCUT2D eigenvalue weighted by Gasteiger charge is 2.21. The minimum atomic E-state index is -2.97. The van der Waals surface area contributed by atoms with E-state index < -0.39 is 10.0 Å². The lowest BCUT2D eigenvalue weighted by molar-refractivity contribution is 0.349. The summed E-state index contributed by atoms with van der Waals surface area (Å²) in [5, 5.41) is 0. The second kappa shape index (κ2) is 3.15. The van der Waals surface area contributed by atoms with Crippen LogP contribution in [0.2, 0.25) is 5.82 Å². The van der Waals surface area contributed by atoms with E-state index in [9.17, 15) is 8.42 Å². The Kier molecular flexibility index (Phi) is 2.59. The van der Waals surface area contributed by atoms with E-state index in [0.29, 0.717) is 13.1 Å². The van der Waals surface area contributed by atoms with Crippen molar-refractivity contribution in [3.05, 3.63) is 0 Å². The Bertz CT molecular complexity index is 219. The van der Waals surface area contributed by atoms with Crippen LogP contribution >= 0.6 is 0 Å². The molecular formula is C6H12BNO2S. The molecule has 0 aromatic rings. The van der Waals surface area contributed by atoms with Crippen molar-refractivity contribution in [3.63, 3.8) is 0 Å². The van der Waals surface area contributed by atoms with Gasteiger partial charge in [0.15, 0.2) is 0 Å². The zero-order valence-corrected chi connectivity index (χ0v) is 7.47. The summed E-state index contributed by atoms with van der Waals surface area (Å²) >= 11 is 0. The van der Waals surface area contributed by atoms with Crippen LogP contribution in [0.3, 0.4) is 0 Å². The standard InChI is InChI=1S/C6H12BNO2S/c1-11(9,10)8-4-2-6(7)3-5-8/h6H,2-5H2,1H3. The van der Waals surface area contributed by atoms with Crippen molar-refractivity contribution in [2.75, 3.05) is 19.3 Å². The van der Waals surface area contributed by atoms with E-state index in [4.69, 9.17) is 7.85 Å². The number of hydrogen-bond donors (Lipinski definition) is 0. The molecule has 0 aromatic heterocycles. The Balaban J connectivity index is 2.53. The van der Waals surface area contributed by atoms with Crippen molar-refractivity contribution >= 4 is 17.9 Å². The van der Waals surface area contributed by atoms with Crippen LogP contribution in [0.1, 0.15) is 12.8 Å².